The van der Waals surface area contributed by atoms with E-state index in [2.05, 4.69) is 20.6 Å². The molecular weight excluding hydrogens is 284 g/mol. The zero-order valence-corrected chi connectivity index (χ0v) is 11.7. The second-order valence-corrected chi connectivity index (χ2v) is 4.82. The van der Waals surface area contributed by atoms with E-state index in [-0.39, 0.29) is 17.5 Å². The van der Waals surface area contributed by atoms with Gasteiger partial charge < -0.3 is 15.4 Å². The summed E-state index contributed by atoms with van der Waals surface area (Å²) in [6.45, 7) is 1.70. The number of ether oxygens (including phenoxy) is 1. The van der Waals surface area contributed by atoms with Crippen molar-refractivity contribution in [2.45, 2.75) is 6.10 Å². The lowest BCUT2D eigenvalue weighted by molar-refractivity contribution is 0.102. The molecule has 0 aliphatic carbocycles. The van der Waals surface area contributed by atoms with Gasteiger partial charge in [-0.1, -0.05) is 0 Å². The minimum Gasteiger partial charge on any atom is -0.488 e. The summed E-state index contributed by atoms with van der Waals surface area (Å²) in [6, 6.07) is 8.43. The van der Waals surface area contributed by atoms with Crippen LogP contribution in [0.25, 0.3) is 0 Å². The number of hydrogen-bond donors (Lipinski definition) is 2. The van der Waals surface area contributed by atoms with Gasteiger partial charge in [-0.05, 0) is 30.3 Å². The molecule has 1 fully saturated rings. The Morgan fingerprint density at radius 1 is 1.27 bits per heavy atom. The molecule has 112 valence electrons. The van der Waals surface area contributed by atoms with Gasteiger partial charge >= 0.3 is 0 Å². The highest BCUT2D eigenvalue weighted by atomic mass is 16.5. The monoisotopic (exact) mass is 298 g/mol. The van der Waals surface area contributed by atoms with E-state index in [9.17, 15) is 9.59 Å². The van der Waals surface area contributed by atoms with Gasteiger partial charge in [-0.3, -0.25) is 9.59 Å². The predicted octanol–water partition coefficient (Wildman–Crippen LogP) is 0.892. The molecule has 1 amide bonds. The first-order valence-electron chi connectivity index (χ1n) is 6.80. The number of rotatable bonds is 5. The number of carbonyl (C=O) groups excluding carboxylic acids is 2. The third kappa shape index (κ3) is 3.26. The molecule has 7 heteroatoms. The lowest BCUT2D eigenvalue weighted by Crippen LogP contribution is -2.50. The Morgan fingerprint density at radius 3 is 2.68 bits per heavy atom. The van der Waals surface area contributed by atoms with E-state index >= 15 is 0 Å². The van der Waals surface area contributed by atoms with Gasteiger partial charge in [0.1, 0.15) is 29.6 Å². The fourth-order valence-corrected chi connectivity index (χ4v) is 1.91. The molecule has 1 aliphatic heterocycles. The maximum Gasteiger partial charge on any atom is 0.274 e. The van der Waals surface area contributed by atoms with Crippen LogP contribution in [0.15, 0.2) is 36.7 Å². The van der Waals surface area contributed by atoms with Gasteiger partial charge in [-0.2, -0.15) is 0 Å². The van der Waals surface area contributed by atoms with Crippen molar-refractivity contribution < 1.29 is 14.3 Å². The highest BCUT2D eigenvalue weighted by Gasteiger charge is 2.18. The van der Waals surface area contributed by atoms with Crippen LogP contribution in [0.1, 0.15) is 21.0 Å². The molecule has 0 radical (unpaired) electrons. The Bertz CT molecular complexity index is 683. The Morgan fingerprint density at radius 2 is 2.05 bits per heavy atom. The van der Waals surface area contributed by atoms with Crippen molar-refractivity contribution in [3.05, 3.63) is 48.0 Å². The summed E-state index contributed by atoms with van der Waals surface area (Å²) in [7, 11) is 0. The smallest absolute Gasteiger partial charge is 0.274 e. The number of carbonyl (C=O) groups is 2. The normalized spacial score (nSPS) is 14.0. The van der Waals surface area contributed by atoms with Crippen LogP contribution in [0.2, 0.25) is 0 Å². The van der Waals surface area contributed by atoms with Crippen LogP contribution in [0.5, 0.6) is 5.75 Å². The van der Waals surface area contributed by atoms with E-state index in [0.717, 1.165) is 18.8 Å². The number of benzene rings is 1. The third-order valence-electron chi connectivity index (χ3n) is 3.20. The average molecular weight is 298 g/mol. The van der Waals surface area contributed by atoms with Gasteiger partial charge in [0, 0.05) is 18.8 Å². The molecular formula is C15H14N4O3. The minimum atomic E-state index is -0.401. The van der Waals surface area contributed by atoms with Crippen molar-refractivity contribution in [3.63, 3.8) is 0 Å². The van der Waals surface area contributed by atoms with Gasteiger partial charge in [0.2, 0.25) is 0 Å². The number of nitrogens with one attached hydrogen (secondary N) is 2. The lowest BCUT2D eigenvalue weighted by atomic mass is 10.2. The maximum atomic E-state index is 12.0. The molecule has 3 rings (SSSR count). The standard InChI is InChI=1S/C15H14N4O3/c20-8-11-5-14(18-9-17-11)15(21)19-10-1-3-12(4-2-10)22-13-6-16-7-13/h1-5,8-9,13,16H,6-7H2,(H,19,21). The molecule has 0 bridgehead atoms. The Kier molecular flexibility index (Phi) is 4.06. The van der Waals surface area contributed by atoms with Crippen molar-refractivity contribution in [2.24, 2.45) is 0 Å². The summed E-state index contributed by atoms with van der Waals surface area (Å²) < 4.78 is 5.69. The molecule has 7 nitrogen and oxygen atoms in total. The zero-order chi connectivity index (χ0) is 15.4. The zero-order valence-electron chi connectivity index (χ0n) is 11.7. The van der Waals surface area contributed by atoms with Crippen LogP contribution in [0.3, 0.4) is 0 Å². The van der Waals surface area contributed by atoms with E-state index in [1.807, 2.05) is 0 Å². The van der Waals surface area contributed by atoms with E-state index in [4.69, 9.17) is 4.74 Å². The van der Waals surface area contributed by atoms with E-state index in [1.165, 1.54) is 12.4 Å². The number of nitrogens with zero attached hydrogens (tertiary/aromatic N) is 2. The second-order valence-electron chi connectivity index (χ2n) is 4.82. The molecule has 1 saturated heterocycles. The molecule has 0 unspecified atom stereocenters. The third-order valence-corrected chi connectivity index (χ3v) is 3.20. The number of amides is 1. The summed E-state index contributed by atoms with van der Waals surface area (Å²) >= 11 is 0. The second kappa shape index (κ2) is 6.31. The highest BCUT2D eigenvalue weighted by molar-refractivity contribution is 6.03. The van der Waals surface area contributed by atoms with Crippen molar-refractivity contribution in [1.29, 1.82) is 0 Å². The SMILES string of the molecule is O=Cc1cc(C(=O)Nc2ccc(OC3CNC3)cc2)ncn1. The van der Waals surface area contributed by atoms with Crippen LogP contribution >= 0.6 is 0 Å². The molecule has 2 N–H and O–H groups in total. The summed E-state index contributed by atoms with van der Waals surface area (Å²) in [6.07, 6.45) is 1.96. The fraction of sp³-hybridized carbons (Fsp3) is 0.200. The van der Waals surface area contributed by atoms with Gasteiger partial charge in [0.15, 0.2) is 6.29 Å². The van der Waals surface area contributed by atoms with Crippen LogP contribution in [0.4, 0.5) is 5.69 Å². The summed E-state index contributed by atoms with van der Waals surface area (Å²) in [4.78, 5) is 30.3. The first-order chi connectivity index (χ1) is 10.7. The largest absolute Gasteiger partial charge is 0.488 e. The van der Waals surface area contributed by atoms with Gasteiger partial charge in [0.05, 0.1) is 0 Å². The molecule has 1 aromatic carbocycles. The molecule has 1 aliphatic rings. The van der Waals surface area contributed by atoms with Gasteiger partial charge in [-0.15, -0.1) is 0 Å². The highest BCUT2D eigenvalue weighted by Crippen LogP contribution is 2.18. The van der Waals surface area contributed by atoms with Crippen molar-refractivity contribution in [1.82, 2.24) is 15.3 Å². The van der Waals surface area contributed by atoms with E-state index in [1.54, 1.807) is 24.3 Å². The minimum absolute atomic E-state index is 0.137. The van der Waals surface area contributed by atoms with Crippen LogP contribution in [-0.2, 0) is 0 Å². The van der Waals surface area contributed by atoms with Crippen molar-refractivity contribution in [2.75, 3.05) is 18.4 Å². The molecule has 1 aromatic heterocycles. The number of anilines is 1. The van der Waals surface area contributed by atoms with E-state index in [0.29, 0.717) is 12.0 Å². The van der Waals surface area contributed by atoms with Crippen molar-refractivity contribution in [3.8, 4) is 5.75 Å². The fourth-order valence-electron chi connectivity index (χ4n) is 1.91. The number of aromatic nitrogens is 2. The predicted molar refractivity (Wildman–Crippen MR) is 79.1 cm³/mol. The quantitative estimate of drug-likeness (QED) is 0.796. The first kappa shape index (κ1) is 14.2. The first-order valence-corrected chi connectivity index (χ1v) is 6.80. The molecule has 2 aromatic rings. The number of hydrogen-bond acceptors (Lipinski definition) is 6. The summed E-state index contributed by atoms with van der Waals surface area (Å²) in [5.41, 5.74) is 0.923. The summed E-state index contributed by atoms with van der Waals surface area (Å²) in [5.74, 6) is 0.358. The van der Waals surface area contributed by atoms with Crippen LogP contribution < -0.4 is 15.4 Å². The van der Waals surface area contributed by atoms with Gasteiger partial charge in [-0.25, -0.2) is 9.97 Å². The molecule has 2 heterocycles. The lowest BCUT2D eigenvalue weighted by Gasteiger charge is -2.27. The molecule has 0 atom stereocenters. The maximum absolute atomic E-state index is 12.0. The summed E-state index contributed by atoms with van der Waals surface area (Å²) in [5, 5.41) is 5.83. The van der Waals surface area contributed by atoms with Crippen LogP contribution in [0, 0.1) is 0 Å². The Balaban J connectivity index is 1.64. The van der Waals surface area contributed by atoms with Crippen LogP contribution in [-0.4, -0.2) is 41.4 Å². The molecule has 0 spiro atoms. The average Bonchev–Trinajstić information content (AvgIpc) is 2.52. The topological polar surface area (TPSA) is 93.2 Å². The molecule has 22 heavy (non-hydrogen) atoms. The number of aldehydes is 1. The van der Waals surface area contributed by atoms with Crippen molar-refractivity contribution >= 4 is 17.9 Å². The molecule has 0 saturated carbocycles. The Labute approximate surface area is 126 Å². The van der Waals surface area contributed by atoms with Gasteiger partial charge in [0.25, 0.3) is 5.91 Å². The van der Waals surface area contributed by atoms with E-state index < -0.39 is 5.91 Å². The Hall–Kier alpha value is -2.80.